The molecule has 2 unspecified atom stereocenters. The number of hydrogen-bond acceptors (Lipinski definition) is 6. The second-order valence-corrected chi connectivity index (χ2v) is 6.46. The van der Waals surface area contributed by atoms with Crippen LogP contribution in [-0.2, 0) is 14.3 Å². The van der Waals surface area contributed by atoms with Gasteiger partial charge in [0.2, 0.25) is 0 Å². The minimum atomic E-state index is -1.06. The summed E-state index contributed by atoms with van der Waals surface area (Å²) in [6.07, 6.45) is 0. The number of likely N-dealkylation sites (tertiary alicyclic amines) is 1. The number of hydrogen-bond donors (Lipinski definition) is 1. The number of allylic oxidation sites excluding steroid dienone is 1. The summed E-state index contributed by atoms with van der Waals surface area (Å²) in [5, 5.41) is -0.821. The van der Waals surface area contributed by atoms with E-state index in [4.69, 9.17) is 4.74 Å². The lowest BCUT2D eigenvalue weighted by Crippen LogP contribution is -2.69. The second-order valence-electron chi connectivity index (χ2n) is 5.93. The van der Waals surface area contributed by atoms with Crippen molar-refractivity contribution in [1.82, 2.24) is 9.80 Å². The van der Waals surface area contributed by atoms with Crippen molar-refractivity contribution in [2.24, 2.45) is 0 Å². The molecule has 2 atom stereocenters. The summed E-state index contributed by atoms with van der Waals surface area (Å²) >= 11 is 4.35. The number of benzene rings is 1. The molecule has 25 heavy (non-hydrogen) atoms. The van der Waals surface area contributed by atoms with E-state index >= 15 is 0 Å². The highest BCUT2D eigenvalue weighted by molar-refractivity contribution is 7.81. The van der Waals surface area contributed by atoms with Crippen LogP contribution in [0.5, 0.6) is 0 Å². The monoisotopic (exact) mass is 360 g/mol. The first-order valence-electron chi connectivity index (χ1n) is 7.55. The zero-order valence-corrected chi connectivity index (χ0v) is 14.7. The highest BCUT2D eigenvalue weighted by Crippen LogP contribution is 2.37. The average molecular weight is 360 g/mol. The predicted octanol–water partition coefficient (Wildman–Crippen LogP) is 1.22. The van der Waals surface area contributed by atoms with E-state index in [1.54, 1.807) is 38.1 Å². The quantitative estimate of drug-likeness (QED) is 0.288. The maximum atomic E-state index is 12.7. The number of methoxy groups -OCH3 is 1. The molecule has 2 aliphatic heterocycles. The van der Waals surface area contributed by atoms with Crippen LogP contribution in [0.3, 0.4) is 0 Å². The van der Waals surface area contributed by atoms with Crippen molar-refractivity contribution < 1.29 is 23.9 Å². The molecule has 3 rings (SSSR count). The molecule has 0 saturated carbocycles. The summed E-state index contributed by atoms with van der Waals surface area (Å²) in [7, 11) is 1.21. The lowest BCUT2D eigenvalue weighted by atomic mass is 10.0. The summed E-state index contributed by atoms with van der Waals surface area (Å²) in [6, 6.07) is 5.33. The normalized spacial score (nSPS) is 21.8. The number of β-lactam (4-membered cyclic amide) rings is 1. The summed E-state index contributed by atoms with van der Waals surface area (Å²) in [5.41, 5.74) is 1.16. The maximum Gasteiger partial charge on any atom is 0.354 e. The molecule has 130 valence electrons. The number of carbonyl (C=O) groups is 4. The summed E-state index contributed by atoms with van der Waals surface area (Å²) in [4.78, 5) is 51.7. The second kappa shape index (κ2) is 6.03. The van der Waals surface area contributed by atoms with Crippen LogP contribution in [0.25, 0.3) is 0 Å². The fraction of sp³-hybridized carbons (Fsp3) is 0.294. The maximum absolute atomic E-state index is 12.7. The van der Waals surface area contributed by atoms with Crippen molar-refractivity contribution in [3.05, 3.63) is 46.7 Å². The van der Waals surface area contributed by atoms with Crippen LogP contribution in [0.2, 0.25) is 0 Å². The van der Waals surface area contributed by atoms with E-state index in [2.05, 4.69) is 12.6 Å². The molecule has 0 aliphatic carbocycles. The minimum Gasteiger partial charge on any atom is -0.464 e. The van der Waals surface area contributed by atoms with E-state index in [0.717, 1.165) is 9.80 Å². The van der Waals surface area contributed by atoms with Gasteiger partial charge in [-0.3, -0.25) is 24.2 Å². The number of rotatable bonds is 3. The van der Waals surface area contributed by atoms with Gasteiger partial charge in [-0.25, -0.2) is 4.79 Å². The van der Waals surface area contributed by atoms with Crippen LogP contribution in [0, 0.1) is 0 Å². The number of ether oxygens (including phenoxy) is 1. The molecule has 2 aliphatic rings. The van der Waals surface area contributed by atoms with E-state index < -0.39 is 35.1 Å². The highest BCUT2D eigenvalue weighted by atomic mass is 32.1. The van der Waals surface area contributed by atoms with Crippen molar-refractivity contribution in [3.8, 4) is 0 Å². The van der Waals surface area contributed by atoms with E-state index in [1.165, 1.54) is 7.11 Å². The van der Waals surface area contributed by atoms with E-state index in [-0.39, 0.29) is 16.8 Å². The van der Waals surface area contributed by atoms with Gasteiger partial charge >= 0.3 is 5.97 Å². The molecule has 1 aromatic carbocycles. The zero-order chi connectivity index (χ0) is 18.5. The predicted molar refractivity (Wildman–Crippen MR) is 90.7 cm³/mol. The number of esters is 1. The molecular formula is C17H16N2O5S. The third-order valence-electron chi connectivity index (χ3n) is 4.23. The topological polar surface area (TPSA) is 84.0 Å². The van der Waals surface area contributed by atoms with Crippen LogP contribution in [0.1, 0.15) is 34.6 Å². The lowest BCUT2D eigenvalue weighted by molar-refractivity contribution is -0.152. The van der Waals surface area contributed by atoms with Crippen LogP contribution >= 0.6 is 12.6 Å². The first kappa shape index (κ1) is 17.2. The van der Waals surface area contributed by atoms with Gasteiger partial charge in [0.25, 0.3) is 17.7 Å². The molecule has 1 fully saturated rings. The Kier molecular flexibility index (Phi) is 4.16. The molecule has 0 aromatic heterocycles. The molecule has 0 spiro atoms. The van der Waals surface area contributed by atoms with Gasteiger partial charge in [0.15, 0.2) is 0 Å². The number of nitrogens with zero attached hydrogens (tertiary/aromatic N) is 2. The standard InChI is InChI=1S/C17H16N2O5S/c1-8(2)11(17(23)24-3)19-15(22)12(16(19)25)18-13(20)9-6-4-5-7-10(9)14(18)21/h4-7,12,16,25H,1-3H3. The van der Waals surface area contributed by atoms with Crippen molar-refractivity contribution in [2.75, 3.05) is 7.11 Å². The van der Waals surface area contributed by atoms with E-state index in [0.29, 0.717) is 5.57 Å². The number of fused-ring (bicyclic) bond motifs is 1. The summed E-state index contributed by atoms with van der Waals surface area (Å²) in [5.74, 6) is -2.28. The Morgan fingerprint density at radius 3 is 2.00 bits per heavy atom. The molecule has 1 saturated heterocycles. The Morgan fingerprint density at radius 1 is 1.08 bits per heavy atom. The van der Waals surface area contributed by atoms with Crippen LogP contribution < -0.4 is 0 Å². The van der Waals surface area contributed by atoms with Crippen LogP contribution in [0.15, 0.2) is 35.5 Å². The Bertz CT molecular complexity index is 808. The van der Waals surface area contributed by atoms with Crippen molar-refractivity contribution in [3.63, 3.8) is 0 Å². The lowest BCUT2D eigenvalue weighted by Gasteiger charge is -2.47. The first-order chi connectivity index (χ1) is 11.8. The smallest absolute Gasteiger partial charge is 0.354 e. The van der Waals surface area contributed by atoms with Gasteiger partial charge in [0.1, 0.15) is 17.1 Å². The van der Waals surface area contributed by atoms with Crippen LogP contribution in [-0.4, -0.2) is 52.0 Å². The van der Waals surface area contributed by atoms with Gasteiger partial charge in [-0.15, -0.1) is 0 Å². The number of thiol groups is 1. The number of imide groups is 1. The van der Waals surface area contributed by atoms with Crippen molar-refractivity contribution in [1.29, 1.82) is 0 Å². The fourth-order valence-corrected chi connectivity index (χ4v) is 3.54. The summed E-state index contributed by atoms with van der Waals surface area (Å²) < 4.78 is 4.71. The number of amides is 3. The Labute approximate surface area is 149 Å². The highest BCUT2D eigenvalue weighted by Gasteiger charge is 2.57. The Balaban J connectivity index is 1.92. The molecule has 0 N–H and O–H groups in total. The van der Waals surface area contributed by atoms with Gasteiger partial charge in [-0.2, -0.15) is 12.6 Å². The van der Waals surface area contributed by atoms with Gasteiger partial charge < -0.3 is 4.74 Å². The van der Waals surface area contributed by atoms with Gasteiger partial charge in [-0.1, -0.05) is 12.1 Å². The third-order valence-corrected chi connectivity index (χ3v) is 4.75. The van der Waals surface area contributed by atoms with Crippen LogP contribution in [0.4, 0.5) is 0 Å². The molecule has 3 amide bonds. The zero-order valence-electron chi connectivity index (χ0n) is 13.8. The third kappa shape index (κ3) is 2.36. The molecule has 0 radical (unpaired) electrons. The SMILES string of the molecule is COC(=O)C(=C(C)C)N1C(=O)C(N2C(=O)c3ccccc3C2=O)C1S. The molecule has 2 heterocycles. The van der Waals surface area contributed by atoms with Crippen molar-refractivity contribution in [2.45, 2.75) is 25.3 Å². The average Bonchev–Trinajstić information content (AvgIpc) is 2.84. The Hall–Kier alpha value is -2.61. The first-order valence-corrected chi connectivity index (χ1v) is 8.06. The van der Waals surface area contributed by atoms with E-state index in [9.17, 15) is 19.2 Å². The molecule has 1 aromatic rings. The van der Waals surface area contributed by atoms with Gasteiger partial charge in [0.05, 0.1) is 18.2 Å². The number of carbonyl (C=O) groups excluding carboxylic acids is 4. The van der Waals surface area contributed by atoms with Gasteiger partial charge in [0, 0.05) is 0 Å². The van der Waals surface area contributed by atoms with E-state index in [1.807, 2.05) is 0 Å². The molecular weight excluding hydrogens is 344 g/mol. The minimum absolute atomic E-state index is 0.0698. The molecule has 8 heteroatoms. The van der Waals surface area contributed by atoms with Gasteiger partial charge in [-0.05, 0) is 31.6 Å². The Morgan fingerprint density at radius 2 is 1.60 bits per heavy atom. The summed E-state index contributed by atoms with van der Waals surface area (Å²) in [6.45, 7) is 3.32. The molecule has 7 nitrogen and oxygen atoms in total. The van der Waals surface area contributed by atoms with Crippen molar-refractivity contribution >= 4 is 36.3 Å². The fourth-order valence-electron chi connectivity index (χ4n) is 3.05. The molecule has 0 bridgehead atoms. The largest absolute Gasteiger partial charge is 0.464 e.